The molecule has 6 nitrogen and oxygen atoms in total. The molecule has 1 aromatic carbocycles. The Hall–Kier alpha value is -2.73. The highest BCUT2D eigenvalue weighted by molar-refractivity contribution is 6.31. The van der Waals surface area contributed by atoms with Gasteiger partial charge in [0.05, 0.1) is 11.0 Å². The maximum Gasteiger partial charge on any atom is 0.278 e. The number of hydrogen-bond donors (Lipinski definition) is 0. The summed E-state index contributed by atoms with van der Waals surface area (Å²) in [5, 5.41) is 0.482. The second kappa shape index (κ2) is 6.29. The van der Waals surface area contributed by atoms with Crippen LogP contribution in [0.2, 0.25) is 5.02 Å². The van der Waals surface area contributed by atoms with E-state index >= 15 is 0 Å². The SMILES string of the molecule is CN1CCCN(C(=O)c2cc(Cl)ccn2)c2nc3ccccc3nc21. The second-order valence-electron chi connectivity index (χ2n) is 5.95. The molecule has 1 amide bonds. The molecule has 7 heteroatoms. The van der Waals surface area contributed by atoms with Crippen LogP contribution in [0.25, 0.3) is 11.0 Å². The summed E-state index contributed by atoms with van der Waals surface area (Å²) in [6, 6.07) is 10.9. The van der Waals surface area contributed by atoms with E-state index in [-0.39, 0.29) is 5.91 Å². The number of anilines is 2. The summed E-state index contributed by atoms with van der Waals surface area (Å²) in [5.74, 6) is 1.04. The lowest BCUT2D eigenvalue weighted by Crippen LogP contribution is -2.33. The lowest BCUT2D eigenvalue weighted by molar-refractivity contribution is 0.0982. The van der Waals surface area contributed by atoms with Crippen LogP contribution in [0.4, 0.5) is 11.6 Å². The number of hydrogen-bond acceptors (Lipinski definition) is 5. The van der Waals surface area contributed by atoms with Crippen molar-refractivity contribution in [3.8, 4) is 0 Å². The zero-order valence-corrected chi connectivity index (χ0v) is 14.4. The molecule has 1 aliphatic heterocycles. The van der Waals surface area contributed by atoms with Crippen molar-refractivity contribution in [2.45, 2.75) is 6.42 Å². The average molecular weight is 354 g/mol. The number of para-hydroxylation sites is 2. The summed E-state index contributed by atoms with van der Waals surface area (Å²) in [6.45, 7) is 1.35. The number of carbonyl (C=O) groups excluding carboxylic acids is 1. The Labute approximate surface area is 150 Å². The van der Waals surface area contributed by atoms with Gasteiger partial charge in [-0.2, -0.15) is 0 Å². The van der Waals surface area contributed by atoms with E-state index in [1.165, 1.54) is 6.20 Å². The minimum Gasteiger partial charge on any atom is -0.357 e. The third-order valence-electron chi connectivity index (χ3n) is 4.21. The zero-order chi connectivity index (χ0) is 17.4. The summed E-state index contributed by atoms with van der Waals surface area (Å²) in [6.07, 6.45) is 2.35. The van der Waals surface area contributed by atoms with E-state index in [9.17, 15) is 4.79 Å². The highest BCUT2D eigenvalue weighted by Crippen LogP contribution is 2.31. The fraction of sp³-hybridized carbons (Fsp3) is 0.222. The van der Waals surface area contributed by atoms with Gasteiger partial charge >= 0.3 is 0 Å². The minimum atomic E-state index is -0.219. The Morgan fingerprint density at radius 1 is 1.08 bits per heavy atom. The predicted molar refractivity (Wildman–Crippen MR) is 98.3 cm³/mol. The molecule has 0 aliphatic carbocycles. The van der Waals surface area contributed by atoms with Gasteiger partial charge in [-0.3, -0.25) is 14.7 Å². The van der Waals surface area contributed by atoms with Crippen LogP contribution in [-0.4, -0.2) is 41.0 Å². The van der Waals surface area contributed by atoms with E-state index < -0.39 is 0 Å². The summed E-state index contributed by atoms with van der Waals surface area (Å²) in [4.78, 5) is 30.3. The van der Waals surface area contributed by atoms with Gasteiger partial charge in [0.15, 0.2) is 11.6 Å². The number of fused-ring (bicyclic) bond motifs is 2. The molecule has 4 rings (SSSR count). The fourth-order valence-corrected chi connectivity index (χ4v) is 3.11. The van der Waals surface area contributed by atoms with Crippen molar-refractivity contribution in [3.63, 3.8) is 0 Å². The molecule has 25 heavy (non-hydrogen) atoms. The fourth-order valence-electron chi connectivity index (χ4n) is 2.95. The first kappa shape index (κ1) is 15.8. The number of aromatic nitrogens is 3. The molecule has 2 aromatic heterocycles. The molecule has 3 heterocycles. The van der Waals surface area contributed by atoms with Gasteiger partial charge in [-0.25, -0.2) is 9.97 Å². The van der Waals surface area contributed by atoms with Crippen molar-refractivity contribution in [1.29, 1.82) is 0 Å². The van der Waals surface area contributed by atoms with Crippen LogP contribution in [0, 0.1) is 0 Å². The molecule has 3 aromatic rings. The van der Waals surface area contributed by atoms with E-state index in [0.29, 0.717) is 28.9 Å². The molecule has 0 fully saturated rings. The van der Waals surface area contributed by atoms with E-state index in [0.717, 1.165) is 24.0 Å². The lowest BCUT2D eigenvalue weighted by Gasteiger charge is -2.22. The Balaban J connectivity index is 1.85. The van der Waals surface area contributed by atoms with Gasteiger partial charge in [0.25, 0.3) is 5.91 Å². The summed E-state index contributed by atoms with van der Waals surface area (Å²) in [5.41, 5.74) is 1.87. The van der Waals surface area contributed by atoms with E-state index in [1.807, 2.05) is 36.2 Å². The number of carbonyl (C=O) groups is 1. The van der Waals surface area contributed by atoms with Crippen molar-refractivity contribution < 1.29 is 4.79 Å². The molecule has 0 saturated heterocycles. The number of benzene rings is 1. The summed E-state index contributed by atoms with van der Waals surface area (Å²) in [7, 11) is 1.97. The van der Waals surface area contributed by atoms with Gasteiger partial charge in [-0.05, 0) is 30.7 Å². The molecule has 0 spiro atoms. The Morgan fingerprint density at radius 2 is 1.80 bits per heavy atom. The van der Waals surface area contributed by atoms with E-state index in [4.69, 9.17) is 21.6 Å². The Bertz CT molecular complexity index is 961. The number of nitrogens with zero attached hydrogens (tertiary/aromatic N) is 5. The lowest BCUT2D eigenvalue weighted by atomic mass is 10.2. The van der Waals surface area contributed by atoms with Crippen molar-refractivity contribution in [1.82, 2.24) is 15.0 Å². The van der Waals surface area contributed by atoms with Gasteiger partial charge in [-0.15, -0.1) is 0 Å². The smallest absolute Gasteiger partial charge is 0.278 e. The summed E-state index contributed by atoms with van der Waals surface area (Å²) < 4.78 is 0. The largest absolute Gasteiger partial charge is 0.357 e. The Morgan fingerprint density at radius 3 is 2.52 bits per heavy atom. The normalized spacial score (nSPS) is 14.3. The van der Waals surface area contributed by atoms with Crippen LogP contribution in [0.15, 0.2) is 42.6 Å². The van der Waals surface area contributed by atoms with Crippen LogP contribution < -0.4 is 9.80 Å². The van der Waals surface area contributed by atoms with Crippen molar-refractivity contribution in [3.05, 3.63) is 53.3 Å². The first-order valence-corrected chi connectivity index (χ1v) is 8.42. The highest BCUT2D eigenvalue weighted by Gasteiger charge is 2.28. The van der Waals surface area contributed by atoms with Crippen LogP contribution in [0.5, 0.6) is 0 Å². The average Bonchev–Trinajstić information content (AvgIpc) is 2.78. The van der Waals surface area contributed by atoms with Gasteiger partial charge < -0.3 is 4.90 Å². The molecular formula is C18H16ClN5O. The first-order chi connectivity index (χ1) is 12.1. The van der Waals surface area contributed by atoms with E-state index in [1.54, 1.807) is 17.0 Å². The minimum absolute atomic E-state index is 0.219. The summed E-state index contributed by atoms with van der Waals surface area (Å²) >= 11 is 6.01. The number of rotatable bonds is 1. The quantitative estimate of drug-likeness (QED) is 0.672. The molecule has 0 atom stereocenters. The molecule has 126 valence electrons. The standard InChI is InChI=1S/C18H16ClN5O/c1-23-9-4-10-24(18(25)15-11-12(19)7-8-20-15)17-16(23)21-13-5-2-3-6-14(13)22-17/h2-3,5-8,11H,4,9-10H2,1H3. The van der Waals surface area contributed by atoms with Crippen molar-refractivity contribution in [2.24, 2.45) is 0 Å². The number of amides is 1. The second-order valence-corrected chi connectivity index (χ2v) is 6.39. The van der Waals surface area contributed by atoms with Crippen LogP contribution in [0.1, 0.15) is 16.9 Å². The predicted octanol–water partition coefficient (Wildman–Crippen LogP) is 3.16. The van der Waals surface area contributed by atoms with Crippen molar-refractivity contribution >= 4 is 40.2 Å². The van der Waals surface area contributed by atoms with Gasteiger partial charge in [0.1, 0.15) is 5.69 Å². The van der Waals surface area contributed by atoms with Gasteiger partial charge in [0, 0.05) is 31.4 Å². The van der Waals surface area contributed by atoms with Crippen LogP contribution in [-0.2, 0) is 0 Å². The number of halogens is 1. The van der Waals surface area contributed by atoms with Gasteiger partial charge in [0.2, 0.25) is 0 Å². The molecule has 0 saturated carbocycles. The van der Waals surface area contributed by atoms with Crippen molar-refractivity contribution in [2.75, 3.05) is 29.9 Å². The third kappa shape index (κ3) is 2.89. The Kier molecular flexibility index (Phi) is 3.97. The topological polar surface area (TPSA) is 62.2 Å². The first-order valence-electron chi connectivity index (χ1n) is 8.05. The highest BCUT2D eigenvalue weighted by atomic mass is 35.5. The van der Waals surface area contributed by atoms with Gasteiger partial charge in [-0.1, -0.05) is 23.7 Å². The molecule has 1 aliphatic rings. The zero-order valence-electron chi connectivity index (χ0n) is 13.7. The third-order valence-corrected chi connectivity index (χ3v) is 4.45. The maximum atomic E-state index is 13.0. The van der Waals surface area contributed by atoms with Crippen LogP contribution in [0.3, 0.4) is 0 Å². The molecule has 0 bridgehead atoms. The maximum absolute atomic E-state index is 13.0. The molecular weight excluding hydrogens is 338 g/mol. The molecule has 0 radical (unpaired) electrons. The molecule has 0 N–H and O–H groups in total. The number of pyridine rings is 1. The van der Waals surface area contributed by atoms with Crippen LogP contribution >= 0.6 is 11.6 Å². The monoisotopic (exact) mass is 353 g/mol. The van der Waals surface area contributed by atoms with E-state index in [2.05, 4.69) is 4.98 Å². The molecule has 0 unspecified atom stereocenters.